The average Bonchev–Trinajstić information content (AvgIpc) is 2.59. The third-order valence-electron chi connectivity index (χ3n) is 3.34. The maximum Gasteiger partial charge on any atom is 0.213 e. The molecule has 1 heterocycles. The van der Waals surface area contributed by atoms with Crippen molar-refractivity contribution in [3.63, 3.8) is 0 Å². The largest absolute Gasteiger partial charge is 0.497 e. The molecule has 0 aliphatic heterocycles. The summed E-state index contributed by atoms with van der Waals surface area (Å²) >= 11 is 0. The number of nitrogens with one attached hydrogen (secondary N) is 1. The van der Waals surface area contributed by atoms with Gasteiger partial charge in [-0.2, -0.15) is 0 Å². The number of Topliss-reactive ketones (excluding diaryl/α,β-unsaturated/α-hetero) is 1. The van der Waals surface area contributed by atoms with E-state index in [-0.39, 0.29) is 28.5 Å². The molecule has 0 spiro atoms. The molecule has 23 heavy (non-hydrogen) atoms. The fraction of sp³-hybridized carbons (Fsp3) is 0.125. The van der Waals surface area contributed by atoms with Crippen LogP contribution in [-0.4, -0.2) is 35.8 Å². The van der Waals surface area contributed by atoms with Crippen molar-refractivity contribution in [2.75, 3.05) is 19.5 Å². The van der Waals surface area contributed by atoms with Crippen LogP contribution in [0.4, 0.5) is 5.69 Å². The summed E-state index contributed by atoms with van der Waals surface area (Å²) < 4.78 is 10.4. The van der Waals surface area contributed by atoms with Gasteiger partial charge in [-0.3, -0.25) is 9.59 Å². The van der Waals surface area contributed by atoms with E-state index in [9.17, 15) is 9.59 Å². The van der Waals surface area contributed by atoms with Gasteiger partial charge in [0.2, 0.25) is 11.6 Å². The number of ether oxygens (including phenoxy) is 2. The van der Waals surface area contributed by atoms with Crippen molar-refractivity contribution in [1.82, 2.24) is 9.97 Å². The van der Waals surface area contributed by atoms with Crippen molar-refractivity contribution >= 4 is 17.3 Å². The van der Waals surface area contributed by atoms with Crippen LogP contribution >= 0.6 is 0 Å². The number of fused-ring (bicyclic) bond motifs is 1. The third kappa shape index (κ3) is 2.76. The predicted octanol–water partition coefficient (Wildman–Crippen LogP) is 1.87. The number of carbonyl (C=O) groups is 2. The number of methoxy groups -OCH3 is 2. The summed E-state index contributed by atoms with van der Waals surface area (Å²) in [4.78, 5) is 32.2. The molecule has 1 aromatic heterocycles. The van der Waals surface area contributed by atoms with Gasteiger partial charge in [0.15, 0.2) is 0 Å². The summed E-state index contributed by atoms with van der Waals surface area (Å²) in [5.41, 5.74) is 0.998. The normalized spacial score (nSPS) is 13.2. The fourth-order valence-corrected chi connectivity index (χ4v) is 2.23. The van der Waals surface area contributed by atoms with E-state index in [1.807, 2.05) is 0 Å². The Morgan fingerprint density at radius 1 is 1.04 bits per heavy atom. The van der Waals surface area contributed by atoms with Crippen molar-refractivity contribution in [3.05, 3.63) is 53.8 Å². The van der Waals surface area contributed by atoms with Gasteiger partial charge in [0.05, 0.1) is 25.5 Å². The van der Waals surface area contributed by atoms with Crippen molar-refractivity contribution in [2.45, 2.75) is 0 Å². The van der Waals surface area contributed by atoms with Gasteiger partial charge in [0.25, 0.3) is 0 Å². The Bertz CT molecular complexity index is 808. The number of aromatic nitrogens is 2. The van der Waals surface area contributed by atoms with E-state index >= 15 is 0 Å². The Labute approximate surface area is 132 Å². The van der Waals surface area contributed by atoms with Crippen LogP contribution in [0.2, 0.25) is 0 Å². The molecule has 1 aliphatic carbocycles. The second kappa shape index (κ2) is 5.88. The number of rotatable bonds is 4. The SMILES string of the molecule is COc1cc(NC2=CC(=O)c3ncncc3C2=O)cc(OC)c1. The lowest BCUT2D eigenvalue weighted by Crippen LogP contribution is -2.22. The molecule has 0 radical (unpaired) electrons. The first-order chi connectivity index (χ1) is 11.1. The smallest absolute Gasteiger partial charge is 0.213 e. The summed E-state index contributed by atoms with van der Waals surface area (Å²) in [6.45, 7) is 0. The molecule has 0 atom stereocenters. The lowest BCUT2D eigenvalue weighted by atomic mass is 9.98. The van der Waals surface area contributed by atoms with Crippen LogP contribution in [0.1, 0.15) is 20.8 Å². The van der Waals surface area contributed by atoms with Gasteiger partial charge in [-0.15, -0.1) is 0 Å². The van der Waals surface area contributed by atoms with Crippen LogP contribution in [-0.2, 0) is 0 Å². The van der Waals surface area contributed by atoms with Crippen molar-refractivity contribution in [2.24, 2.45) is 0 Å². The number of anilines is 1. The van der Waals surface area contributed by atoms with Gasteiger partial charge in [0, 0.05) is 36.2 Å². The molecule has 7 nitrogen and oxygen atoms in total. The highest BCUT2D eigenvalue weighted by atomic mass is 16.5. The first-order valence-corrected chi connectivity index (χ1v) is 6.73. The molecule has 0 unspecified atom stereocenters. The quantitative estimate of drug-likeness (QED) is 0.921. The van der Waals surface area contributed by atoms with Crippen LogP contribution in [0.15, 0.2) is 42.5 Å². The fourth-order valence-electron chi connectivity index (χ4n) is 2.23. The second-order valence-corrected chi connectivity index (χ2v) is 4.76. The van der Waals surface area contributed by atoms with E-state index in [1.54, 1.807) is 18.2 Å². The van der Waals surface area contributed by atoms with Crippen molar-refractivity contribution < 1.29 is 19.1 Å². The lowest BCUT2D eigenvalue weighted by molar-refractivity contribution is 0.0981. The summed E-state index contributed by atoms with van der Waals surface area (Å²) in [7, 11) is 3.06. The summed E-state index contributed by atoms with van der Waals surface area (Å²) in [6, 6.07) is 5.09. The molecule has 0 bridgehead atoms. The van der Waals surface area contributed by atoms with E-state index in [0.717, 1.165) is 0 Å². The Morgan fingerprint density at radius 2 is 1.74 bits per heavy atom. The van der Waals surface area contributed by atoms with Gasteiger partial charge in [-0.1, -0.05) is 0 Å². The molecular formula is C16H13N3O4. The molecular weight excluding hydrogens is 298 g/mol. The van der Waals surface area contributed by atoms with Crippen LogP contribution in [0.3, 0.4) is 0 Å². The third-order valence-corrected chi connectivity index (χ3v) is 3.34. The van der Waals surface area contributed by atoms with Crippen LogP contribution in [0.5, 0.6) is 11.5 Å². The summed E-state index contributed by atoms with van der Waals surface area (Å²) in [5.74, 6) is 0.429. The minimum atomic E-state index is -0.348. The first kappa shape index (κ1) is 14.7. The summed E-state index contributed by atoms with van der Waals surface area (Å²) in [5, 5.41) is 2.93. The number of carbonyl (C=O) groups excluding carboxylic acids is 2. The number of hydrogen-bond donors (Lipinski definition) is 1. The standard InChI is InChI=1S/C16H13N3O4/c1-22-10-3-9(4-11(5-10)23-2)19-13-6-14(20)15-12(16(13)21)7-17-8-18-15/h3-8,19H,1-2H3. The van der Waals surface area contributed by atoms with Crippen molar-refractivity contribution in [3.8, 4) is 11.5 Å². The average molecular weight is 311 g/mol. The Balaban J connectivity index is 1.95. The van der Waals surface area contributed by atoms with Gasteiger partial charge < -0.3 is 14.8 Å². The molecule has 7 heteroatoms. The number of nitrogens with zero attached hydrogens (tertiary/aromatic N) is 2. The zero-order chi connectivity index (χ0) is 16.4. The maximum absolute atomic E-state index is 12.5. The molecule has 0 amide bonds. The zero-order valence-electron chi connectivity index (χ0n) is 12.5. The molecule has 1 aromatic carbocycles. The van der Waals surface area contributed by atoms with E-state index in [2.05, 4.69) is 15.3 Å². The van der Waals surface area contributed by atoms with E-state index in [1.165, 1.54) is 32.8 Å². The van der Waals surface area contributed by atoms with Gasteiger partial charge in [0.1, 0.15) is 23.5 Å². The van der Waals surface area contributed by atoms with Gasteiger partial charge in [-0.25, -0.2) is 9.97 Å². The van der Waals surface area contributed by atoms with Crippen LogP contribution < -0.4 is 14.8 Å². The highest BCUT2D eigenvalue weighted by Gasteiger charge is 2.27. The Morgan fingerprint density at radius 3 is 2.39 bits per heavy atom. The molecule has 1 aliphatic rings. The predicted molar refractivity (Wildman–Crippen MR) is 81.9 cm³/mol. The minimum absolute atomic E-state index is 0.110. The maximum atomic E-state index is 12.5. The van der Waals surface area contributed by atoms with Crippen LogP contribution in [0, 0.1) is 0 Å². The Kier molecular flexibility index (Phi) is 3.76. The summed E-state index contributed by atoms with van der Waals surface area (Å²) in [6.07, 6.45) is 3.80. The monoisotopic (exact) mass is 311 g/mol. The minimum Gasteiger partial charge on any atom is -0.497 e. The highest BCUT2D eigenvalue weighted by molar-refractivity contribution is 6.24. The molecule has 0 fully saturated rings. The number of hydrogen-bond acceptors (Lipinski definition) is 7. The number of allylic oxidation sites excluding steroid dienone is 2. The van der Waals surface area contributed by atoms with Crippen molar-refractivity contribution in [1.29, 1.82) is 0 Å². The molecule has 1 N–H and O–H groups in total. The van der Waals surface area contributed by atoms with Gasteiger partial charge in [-0.05, 0) is 0 Å². The van der Waals surface area contributed by atoms with Crippen LogP contribution in [0.25, 0.3) is 0 Å². The molecule has 0 saturated carbocycles. The molecule has 116 valence electrons. The number of ketones is 2. The topological polar surface area (TPSA) is 90.4 Å². The molecule has 2 aromatic rings. The Hall–Kier alpha value is -3.22. The van der Waals surface area contributed by atoms with E-state index < -0.39 is 0 Å². The van der Waals surface area contributed by atoms with E-state index in [0.29, 0.717) is 17.2 Å². The molecule has 0 saturated heterocycles. The lowest BCUT2D eigenvalue weighted by Gasteiger charge is -2.16. The van der Waals surface area contributed by atoms with E-state index in [4.69, 9.17) is 9.47 Å². The van der Waals surface area contributed by atoms with Gasteiger partial charge >= 0.3 is 0 Å². The second-order valence-electron chi connectivity index (χ2n) is 4.76. The zero-order valence-corrected chi connectivity index (χ0v) is 12.5. The first-order valence-electron chi connectivity index (χ1n) is 6.73. The number of benzene rings is 1. The highest BCUT2D eigenvalue weighted by Crippen LogP contribution is 2.28. The molecule has 3 rings (SSSR count).